The second-order valence-electron chi connectivity index (χ2n) is 5.14. The van der Waals surface area contributed by atoms with Crippen molar-refractivity contribution in [3.05, 3.63) is 47.7 Å². The van der Waals surface area contributed by atoms with Crippen molar-refractivity contribution in [3.8, 4) is 0 Å². The molecule has 5 nitrogen and oxygen atoms in total. The first-order chi connectivity index (χ1) is 9.79. The van der Waals surface area contributed by atoms with E-state index in [-0.39, 0.29) is 0 Å². The van der Waals surface area contributed by atoms with Gasteiger partial charge in [0.15, 0.2) is 0 Å². The smallest absolute Gasteiger partial charge is 0.148 e. The summed E-state index contributed by atoms with van der Waals surface area (Å²) in [4.78, 5) is 19.3. The van der Waals surface area contributed by atoms with Crippen molar-refractivity contribution in [2.75, 3.05) is 11.4 Å². The maximum absolute atomic E-state index is 4.71. The zero-order chi connectivity index (χ0) is 13.5. The van der Waals surface area contributed by atoms with Gasteiger partial charge >= 0.3 is 0 Å². The van der Waals surface area contributed by atoms with Crippen molar-refractivity contribution in [1.29, 1.82) is 0 Å². The third kappa shape index (κ3) is 1.82. The van der Waals surface area contributed by atoms with Gasteiger partial charge in [-0.2, -0.15) is 0 Å². The van der Waals surface area contributed by atoms with E-state index in [1.807, 2.05) is 37.4 Å². The van der Waals surface area contributed by atoms with Crippen LogP contribution in [-0.2, 0) is 13.0 Å². The molecule has 0 amide bonds. The van der Waals surface area contributed by atoms with Crippen LogP contribution < -0.4 is 4.90 Å². The van der Waals surface area contributed by atoms with Gasteiger partial charge in [0.05, 0.1) is 35.2 Å². The van der Waals surface area contributed by atoms with E-state index >= 15 is 0 Å². The molecule has 1 aromatic carbocycles. The number of H-pyrrole nitrogens is 1. The van der Waals surface area contributed by atoms with Crippen molar-refractivity contribution < 1.29 is 0 Å². The summed E-state index contributed by atoms with van der Waals surface area (Å²) in [5.41, 5.74) is 4.26. The SMILES string of the molecule is Cc1nc2c([nH]1)CN(c1cnc3ccccc3n1)CC2. The molecular weight excluding hydrogens is 250 g/mol. The van der Waals surface area contributed by atoms with E-state index in [1.165, 1.54) is 11.4 Å². The summed E-state index contributed by atoms with van der Waals surface area (Å²) in [6.45, 7) is 3.76. The van der Waals surface area contributed by atoms with Gasteiger partial charge in [0, 0.05) is 13.0 Å². The molecule has 0 radical (unpaired) electrons. The fourth-order valence-corrected chi connectivity index (χ4v) is 2.73. The van der Waals surface area contributed by atoms with Crippen LogP contribution >= 0.6 is 0 Å². The van der Waals surface area contributed by atoms with E-state index in [2.05, 4.69) is 19.9 Å². The topological polar surface area (TPSA) is 57.7 Å². The number of hydrogen-bond acceptors (Lipinski definition) is 4. The summed E-state index contributed by atoms with van der Waals surface area (Å²) < 4.78 is 0. The highest BCUT2D eigenvalue weighted by Crippen LogP contribution is 2.22. The van der Waals surface area contributed by atoms with E-state index in [0.717, 1.165) is 42.2 Å². The molecule has 0 fully saturated rings. The van der Waals surface area contributed by atoms with Crippen molar-refractivity contribution in [1.82, 2.24) is 19.9 Å². The molecule has 3 heterocycles. The largest absolute Gasteiger partial charge is 0.349 e. The normalized spacial score (nSPS) is 14.6. The molecule has 0 unspecified atom stereocenters. The quantitative estimate of drug-likeness (QED) is 0.733. The number of aromatic amines is 1. The minimum absolute atomic E-state index is 0.823. The summed E-state index contributed by atoms with van der Waals surface area (Å²) >= 11 is 0. The monoisotopic (exact) mass is 265 g/mol. The minimum Gasteiger partial charge on any atom is -0.349 e. The van der Waals surface area contributed by atoms with Gasteiger partial charge in [-0.05, 0) is 19.1 Å². The van der Waals surface area contributed by atoms with Crippen LogP contribution in [0, 0.1) is 6.92 Å². The first-order valence-corrected chi connectivity index (χ1v) is 6.81. The zero-order valence-electron chi connectivity index (χ0n) is 11.3. The Morgan fingerprint density at radius 1 is 1.15 bits per heavy atom. The van der Waals surface area contributed by atoms with E-state index in [1.54, 1.807) is 0 Å². The lowest BCUT2D eigenvalue weighted by Crippen LogP contribution is -2.31. The molecule has 4 rings (SSSR count). The number of nitrogens with zero attached hydrogens (tertiary/aromatic N) is 4. The third-order valence-corrected chi connectivity index (χ3v) is 3.71. The number of anilines is 1. The number of para-hydroxylation sites is 2. The highest BCUT2D eigenvalue weighted by Gasteiger charge is 2.20. The van der Waals surface area contributed by atoms with Gasteiger partial charge in [0.1, 0.15) is 11.6 Å². The predicted octanol–water partition coefficient (Wildman–Crippen LogP) is 2.22. The molecule has 1 aliphatic heterocycles. The number of nitrogens with one attached hydrogen (secondary N) is 1. The molecule has 100 valence electrons. The van der Waals surface area contributed by atoms with Gasteiger partial charge < -0.3 is 9.88 Å². The molecule has 0 aliphatic carbocycles. The van der Waals surface area contributed by atoms with Crippen molar-refractivity contribution >= 4 is 16.9 Å². The molecule has 1 aliphatic rings. The average Bonchev–Trinajstić information content (AvgIpc) is 2.85. The Hall–Kier alpha value is -2.43. The van der Waals surface area contributed by atoms with Crippen molar-refractivity contribution in [2.45, 2.75) is 19.9 Å². The van der Waals surface area contributed by atoms with Crippen LogP contribution in [0.3, 0.4) is 0 Å². The van der Waals surface area contributed by atoms with Gasteiger partial charge in [-0.3, -0.25) is 4.98 Å². The maximum atomic E-state index is 4.71. The number of rotatable bonds is 1. The van der Waals surface area contributed by atoms with E-state index in [9.17, 15) is 0 Å². The molecule has 5 heteroatoms. The Kier molecular flexibility index (Phi) is 2.45. The standard InChI is InChI=1S/C15H15N5/c1-10-17-13-6-7-20(9-14(13)18-10)15-8-16-11-4-2-3-5-12(11)19-15/h2-5,8H,6-7,9H2,1H3,(H,17,18). The lowest BCUT2D eigenvalue weighted by Gasteiger charge is -2.27. The van der Waals surface area contributed by atoms with Crippen LogP contribution in [0.4, 0.5) is 5.82 Å². The van der Waals surface area contributed by atoms with Gasteiger partial charge in [0.2, 0.25) is 0 Å². The molecule has 20 heavy (non-hydrogen) atoms. The number of benzene rings is 1. The Morgan fingerprint density at radius 2 is 2.00 bits per heavy atom. The van der Waals surface area contributed by atoms with Crippen LogP contribution in [0.25, 0.3) is 11.0 Å². The molecule has 0 saturated carbocycles. The van der Waals surface area contributed by atoms with Crippen LogP contribution in [-0.4, -0.2) is 26.5 Å². The number of fused-ring (bicyclic) bond motifs is 2. The molecule has 0 atom stereocenters. The van der Waals surface area contributed by atoms with Gasteiger partial charge in [0.25, 0.3) is 0 Å². The summed E-state index contributed by atoms with van der Waals surface area (Å²) in [6, 6.07) is 7.96. The molecule has 1 N–H and O–H groups in total. The predicted molar refractivity (Wildman–Crippen MR) is 77.6 cm³/mol. The average molecular weight is 265 g/mol. The number of aromatic nitrogens is 4. The van der Waals surface area contributed by atoms with Crippen molar-refractivity contribution in [2.24, 2.45) is 0 Å². The molecular formula is C15H15N5. The highest BCUT2D eigenvalue weighted by atomic mass is 15.2. The van der Waals surface area contributed by atoms with Crippen LogP contribution in [0.5, 0.6) is 0 Å². The van der Waals surface area contributed by atoms with Crippen LogP contribution in [0.15, 0.2) is 30.5 Å². The molecule has 0 spiro atoms. The summed E-state index contributed by atoms with van der Waals surface area (Å²) in [7, 11) is 0. The Bertz CT molecular complexity index is 777. The Balaban J connectivity index is 1.70. The number of imidazole rings is 1. The van der Waals surface area contributed by atoms with Crippen LogP contribution in [0.1, 0.15) is 17.2 Å². The first kappa shape index (κ1) is 11.4. The lowest BCUT2D eigenvalue weighted by molar-refractivity contribution is 0.701. The van der Waals surface area contributed by atoms with E-state index < -0.39 is 0 Å². The van der Waals surface area contributed by atoms with E-state index in [0.29, 0.717) is 0 Å². The van der Waals surface area contributed by atoms with Crippen molar-refractivity contribution in [3.63, 3.8) is 0 Å². The van der Waals surface area contributed by atoms with E-state index in [4.69, 9.17) is 4.98 Å². The maximum Gasteiger partial charge on any atom is 0.148 e. The van der Waals surface area contributed by atoms with Crippen LogP contribution in [0.2, 0.25) is 0 Å². The summed E-state index contributed by atoms with van der Waals surface area (Å²) in [5, 5.41) is 0. The first-order valence-electron chi connectivity index (χ1n) is 6.81. The molecule has 2 aromatic heterocycles. The Labute approximate surface area is 116 Å². The second-order valence-corrected chi connectivity index (χ2v) is 5.14. The van der Waals surface area contributed by atoms with Gasteiger partial charge in [-0.25, -0.2) is 9.97 Å². The summed E-state index contributed by atoms with van der Waals surface area (Å²) in [6.07, 6.45) is 2.81. The second kappa shape index (κ2) is 4.30. The third-order valence-electron chi connectivity index (χ3n) is 3.71. The number of aryl methyl sites for hydroxylation is 1. The molecule has 3 aromatic rings. The Morgan fingerprint density at radius 3 is 2.90 bits per heavy atom. The zero-order valence-corrected chi connectivity index (χ0v) is 11.3. The molecule has 0 bridgehead atoms. The fraction of sp³-hybridized carbons (Fsp3) is 0.267. The van der Waals surface area contributed by atoms with Gasteiger partial charge in [-0.1, -0.05) is 12.1 Å². The minimum atomic E-state index is 0.823. The highest BCUT2D eigenvalue weighted by molar-refractivity contribution is 5.75. The summed E-state index contributed by atoms with van der Waals surface area (Å²) in [5.74, 6) is 1.92. The molecule has 0 saturated heterocycles. The van der Waals surface area contributed by atoms with Gasteiger partial charge in [-0.15, -0.1) is 0 Å². The lowest BCUT2D eigenvalue weighted by atomic mass is 10.1. The fourth-order valence-electron chi connectivity index (χ4n) is 2.73. The number of hydrogen-bond donors (Lipinski definition) is 1.